The van der Waals surface area contributed by atoms with Gasteiger partial charge in [-0.25, -0.2) is 9.37 Å². The molecule has 148 valence electrons. The molecule has 2 aliphatic rings. The van der Waals surface area contributed by atoms with Crippen molar-refractivity contribution >= 4 is 33.3 Å². The van der Waals surface area contributed by atoms with Crippen molar-refractivity contribution in [2.45, 2.75) is 44.2 Å². The number of hydrogen-bond acceptors (Lipinski definition) is 3. The average molecular weight is 456 g/mol. The highest BCUT2D eigenvalue weighted by Gasteiger charge is 2.39. The van der Waals surface area contributed by atoms with Gasteiger partial charge in [-0.2, -0.15) is 0 Å². The maximum Gasteiger partial charge on any atom is 0.254 e. The highest BCUT2D eigenvalue weighted by atomic mass is 79.9. The Balaban J connectivity index is 1.46. The number of piperidine rings is 1. The molecule has 2 aromatic heterocycles. The van der Waals surface area contributed by atoms with E-state index in [-0.39, 0.29) is 29.2 Å². The van der Waals surface area contributed by atoms with Crippen molar-refractivity contribution in [3.63, 3.8) is 0 Å². The topological polar surface area (TPSA) is 54.7 Å². The maximum atomic E-state index is 14.9. The van der Waals surface area contributed by atoms with Crippen LogP contribution < -0.4 is 0 Å². The summed E-state index contributed by atoms with van der Waals surface area (Å²) in [5.74, 6) is -1.28. The predicted molar refractivity (Wildman–Crippen MR) is 110 cm³/mol. The Bertz CT molecular complexity index is 1130. The van der Waals surface area contributed by atoms with Gasteiger partial charge in [0.15, 0.2) is 0 Å². The van der Waals surface area contributed by atoms with Gasteiger partial charge in [0.2, 0.25) is 5.78 Å². The van der Waals surface area contributed by atoms with Gasteiger partial charge in [-0.3, -0.25) is 14.0 Å². The molecular weight excluding hydrogens is 437 g/mol. The summed E-state index contributed by atoms with van der Waals surface area (Å²) in [6.07, 6.45) is 8.40. The molecule has 4 heterocycles. The van der Waals surface area contributed by atoms with Crippen LogP contribution in [-0.4, -0.2) is 38.1 Å². The fraction of sp³-hybridized carbons (Fsp3) is 0.318. The first-order chi connectivity index (χ1) is 14.0. The molecule has 0 N–H and O–H groups in total. The summed E-state index contributed by atoms with van der Waals surface area (Å²) in [6.45, 7) is 0. The number of pyridine rings is 1. The molecule has 1 aromatic carbocycles. The van der Waals surface area contributed by atoms with E-state index in [2.05, 4.69) is 20.9 Å². The minimum Gasteiger partial charge on any atom is -0.333 e. The van der Waals surface area contributed by atoms with Crippen LogP contribution in [0.3, 0.4) is 0 Å². The van der Waals surface area contributed by atoms with Crippen LogP contribution >= 0.6 is 15.9 Å². The van der Waals surface area contributed by atoms with Crippen LogP contribution in [0.4, 0.5) is 4.39 Å². The number of nitrogens with zero attached hydrogens (tertiary/aromatic N) is 3. The SMILES string of the molecule is O=C(c1ccc(C(=O)N2C3CCCC2CC3)cc1F)c1cnc2ccc(Br)cn12. The number of ketones is 1. The second kappa shape index (κ2) is 7.06. The third kappa shape index (κ3) is 3.08. The molecule has 2 unspecified atom stereocenters. The number of carbonyl (C=O) groups is 2. The highest BCUT2D eigenvalue weighted by molar-refractivity contribution is 9.10. The first-order valence-corrected chi connectivity index (χ1v) is 10.6. The van der Waals surface area contributed by atoms with E-state index >= 15 is 0 Å². The number of amides is 1. The van der Waals surface area contributed by atoms with Gasteiger partial charge < -0.3 is 4.90 Å². The lowest BCUT2D eigenvalue weighted by atomic mass is 10.00. The van der Waals surface area contributed by atoms with E-state index in [4.69, 9.17) is 0 Å². The molecular formula is C22H19BrFN3O2. The number of benzene rings is 1. The van der Waals surface area contributed by atoms with Crippen LogP contribution in [-0.2, 0) is 0 Å². The third-order valence-corrected chi connectivity index (χ3v) is 6.56. The van der Waals surface area contributed by atoms with Crippen LogP contribution in [0.2, 0.25) is 0 Å². The molecule has 7 heteroatoms. The van der Waals surface area contributed by atoms with Crippen molar-refractivity contribution in [2.75, 3.05) is 0 Å². The molecule has 2 bridgehead atoms. The molecule has 5 nitrogen and oxygen atoms in total. The summed E-state index contributed by atoms with van der Waals surface area (Å²) in [4.78, 5) is 32.1. The Hall–Kier alpha value is -2.54. The normalized spacial score (nSPS) is 21.0. The van der Waals surface area contributed by atoms with E-state index in [0.717, 1.165) is 36.6 Å². The van der Waals surface area contributed by atoms with Crippen LogP contribution in [0, 0.1) is 5.82 Å². The molecule has 0 aliphatic carbocycles. The highest BCUT2D eigenvalue weighted by Crippen LogP contribution is 2.36. The summed E-state index contributed by atoms with van der Waals surface area (Å²) >= 11 is 3.37. The van der Waals surface area contributed by atoms with Crippen molar-refractivity contribution in [1.29, 1.82) is 0 Å². The molecule has 2 fully saturated rings. The summed E-state index contributed by atoms with van der Waals surface area (Å²) in [6, 6.07) is 8.30. The lowest BCUT2D eigenvalue weighted by Crippen LogP contribution is -2.44. The molecule has 0 saturated carbocycles. The number of carbonyl (C=O) groups excluding carboxylic acids is 2. The summed E-state index contributed by atoms with van der Waals surface area (Å²) in [7, 11) is 0. The Morgan fingerprint density at radius 3 is 2.55 bits per heavy atom. The Labute approximate surface area is 175 Å². The van der Waals surface area contributed by atoms with Gasteiger partial charge in [0.1, 0.15) is 17.2 Å². The van der Waals surface area contributed by atoms with Gasteiger partial charge in [0.25, 0.3) is 5.91 Å². The lowest BCUT2D eigenvalue weighted by Gasteiger charge is -2.34. The van der Waals surface area contributed by atoms with Crippen LogP contribution in [0.15, 0.2) is 47.2 Å². The van der Waals surface area contributed by atoms with Crippen molar-refractivity contribution in [2.24, 2.45) is 0 Å². The Kier molecular flexibility index (Phi) is 4.50. The van der Waals surface area contributed by atoms with E-state index in [1.807, 2.05) is 11.0 Å². The summed E-state index contributed by atoms with van der Waals surface area (Å²) < 4.78 is 17.3. The minimum atomic E-state index is -0.685. The monoisotopic (exact) mass is 455 g/mol. The molecule has 2 saturated heterocycles. The van der Waals surface area contributed by atoms with E-state index in [1.54, 1.807) is 22.7 Å². The average Bonchev–Trinajstić information content (AvgIpc) is 3.24. The largest absolute Gasteiger partial charge is 0.333 e. The fourth-order valence-electron chi connectivity index (χ4n) is 4.69. The molecule has 2 aliphatic heterocycles. The van der Waals surface area contributed by atoms with Crippen molar-refractivity contribution in [3.05, 3.63) is 69.8 Å². The van der Waals surface area contributed by atoms with Gasteiger partial charge >= 0.3 is 0 Å². The summed E-state index contributed by atoms with van der Waals surface area (Å²) in [5.41, 5.74) is 1.11. The van der Waals surface area contributed by atoms with Crippen LogP contribution in [0.5, 0.6) is 0 Å². The molecule has 3 aromatic rings. The molecule has 0 spiro atoms. The predicted octanol–water partition coefficient (Wildman–Crippen LogP) is 4.62. The van der Waals surface area contributed by atoms with Crippen molar-refractivity contribution in [1.82, 2.24) is 14.3 Å². The maximum absolute atomic E-state index is 14.9. The molecule has 0 radical (unpaired) electrons. The Morgan fingerprint density at radius 2 is 1.83 bits per heavy atom. The number of halogens is 2. The zero-order valence-corrected chi connectivity index (χ0v) is 17.2. The second-order valence-corrected chi connectivity index (χ2v) is 8.69. The number of aromatic nitrogens is 2. The van der Waals surface area contributed by atoms with Gasteiger partial charge in [-0.05, 0) is 78.4 Å². The van der Waals surface area contributed by atoms with E-state index in [1.165, 1.54) is 18.3 Å². The smallest absolute Gasteiger partial charge is 0.254 e. The lowest BCUT2D eigenvalue weighted by molar-refractivity contribution is 0.0594. The number of imidazole rings is 1. The van der Waals surface area contributed by atoms with Gasteiger partial charge in [-0.1, -0.05) is 0 Å². The fourth-order valence-corrected chi connectivity index (χ4v) is 5.03. The molecule has 1 amide bonds. The summed E-state index contributed by atoms with van der Waals surface area (Å²) in [5, 5.41) is 0. The van der Waals surface area contributed by atoms with Crippen LogP contribution in [0.25, 0.3) is 5.65 Å². The van der Waals surface area contributed by atoms with Gasteiger partial charge in [0.05, 0.1) is 11.8 Å². The molecule has 5 rings (SSSR count). The van der Waals surface area contributed by atoms with E-state index in [9.17, 15) is 14.0 Å². The zero-order chi connectivity index (χ0) is 20.1. The van der Waals surface area contributed by atoms with Gasteiger partial charge in [0, 0.05) is 28.3 Å². The minimum absolute atomic E-state index is 0.0649. The number of fused-ring (bicyclic) bond motifs is 3. The number of hydrogen-bond donors (Lipinski definition) is 0. The number of rotatable bonds is 3. The molecule has 2 atom stereocenters. The van der Waals surface area contributed by atoms with E-state index < -0.39 is 11.6 Å². The zero-order valence-electron chi connectivity index (χ0n) is 15.6. The standard InChI is InChI=1S/C22H19BrFN3O2/c23-14-5-9-20-25-11-19(26(20)12-14)21(28)17-8-4-13(10-18(17)24)22(29)27-15-2-1-3-16(27)7-6-15/h4-5,8-12,15-16H,1-3,6-7H2. The first kappa shape index (κ1) is 18.5. The Morgan fingerprint density at radius 1 is 1.07 bits per heavy atom. The molecule has 29 heavy (non-hydrogen) atoms. The second-order valence-electron chi connectivity index (χ2n) is 7.77. The third-order valence-electron chi connectivity index (χ3n) is 6.09. The van der Waals surface area contributed by atoms with Crippen LogP contribution in [0.1, 0.15) is 58.5 Å². The van der Waals surface area contributed by atoms with Crippen molar-refractivity contribution in [3.8, 4) is 0 Å². The first-order valence-electron chi connectivity index (χ1n) is 9.82. The quantitative estimate of drug-likeness (QED) is 0.541. The van der Waals surface area contributed by atoms with E-state index in [0.29, 0.717) is 11.2 Å². The van der Waals surface area contributed by atoms with Gasteiger partial charge in [-0.15, -0.1) is 0 Å². The van der Waals surface area contributed by atoms with Crippen molar-refractivity contribution < 1.29 is 14.0 Å².